The number of halogens is 1. The Morgan fingerprint density at radius 1 is 1.22 bits per heavy atom. The van der Waals surface area contributed by atoms with E-state index in [1.54, 1.807) is 29.8 Å². The topological polar surface area (TPSA) is 54.9 Å². The van der Waals surface area contributed by atoms with Crippen LogP contribution in [0.3, 0.4) is 0 Å². The average molecular weight is 402 g/mol. The molecule has 7 heteroatoms. The van der Waals surface area contributed by atoms with Gasteiger partial charge in [-0.05, 0) is 56.4 Å². The molecule has 1 N–H and O–H groups in total. The van der Waals surface area contributed by atoms with Crippen LogP contribution in [-0.4, -0.2) is 21.1 Å². The molecular weight excluding hydrogens is 381 g/mol. The average Bonchev–Trinajstić information content (AvgIpc) is 3.23. The van der Waals surface area contributed by atoms with Gasteiger partial charge >= 0.3 is 0 Å². The van der Waals surface area contributed by atoms with Gasteiger partial charge in [0.2, 0.25) is 5.91 Å². The van der Waals surface area contributed by atoms with E-state index in [-0.39, 0.29) is 23.0 Å². The second kappa shape index (κ2) is 7.56. The highest BCUT2D eigenvalue weighted by atomic mass is 32.2. The van der Waals surface area contributed by atoms with Crippen molar-refractivity contribution < 1.29 is 9.18 Å². The van der Waals surface area contributed by atoms with Gasteiger partial charge in [0.05, 0.1) is 11.3 Å². The summed E-state index contributed by atoms with van der Waals surface area (Å²) < 4.78 is 13.1. The lowest BCUT2D eigenvalue weighted by molar-refractivity contribution is -0.120. The minimum absolute atomic E-state index is 0.0598. The van der Waals surface area contributed by atoms with Gasteiger partial charge in [-0.15, -0.1) is 11.3 Å². The van der Waals surface area contributed by atoms with Crippen LogP contribution >= 0.6 is 23.1 Å². The van der Waals surface area contributed by atoms with Crippen LogP contribution in [0.25, 0.3) is 10.2 Å². The Hall–Kier alpha value is -1.99. The fraction of sp³-hybridized carbons (Fsp3) is 0.350. The SMILES string of the molecule is CC(Sc1ncnc2sc3c(c12)CCC3)C(=O)NC(C)c1ccc(F)cc1. The molecule has 1 amide bonds. The zero-order chi connectivity index (χ0) is 19.0. The van der Waals surface area contributed by atoms with Gasteiger partial charge in [0, 0.05) is 10.3 Å². The molecule has 4 nitrogen and oxygen atoms in total. The number of carbonyl (C=O) groups excluding carboxylic acids is 1. The van der Waals surface area contributed by atoms with Crippen molar-refractivity contribution in [2.75, 3.05) is 0 Å². The lowest BCUT2D eigenvalue weighted by atomic mass is 10.1. The number of aryl methyl sites for hydroxylation is 2. The number of rotatable bonds is 5. The number of thioether (sulfide) groups is 1. The molecule has 0 aliphatic heterocycles. The van der Waals surface area contributed by atoms with E-state index in [9.17, 15) is 9.18 Å². The molecule has 0 spiro atoms. The Labute approximate surface area is 165 Å². The van der Waals surface area contributed by atoms with Crippen molar-refractivity contribution in [2.24, 2.45) is 0 Å². The minimum Gasteiger partial charge on any atom is -0.349 e. The molecular formula is C20H20FN3OS2. The standard InChI is InChI=1S/C20H20FN3OS2/c1-11(13-6-8-14(21)9-7-13)24-18(25)12(2)26-19-17-15-4-3-5-16(15)27-20(17)23-10-22-19/h6-12H,3-5H2,1-2H3,(H,24,25). The van der Waals surface area contributed by atoms with Crippen molar-refractivity contribution in [2.45, 2.75) is 49.4 Å². The molecule has 0 radical (unpaired) electrons. The first-order chi connectivity index (χ1) is 13.0. The largest absolute Gasteiger partial charge is 0.349 e. The Kier molecular flexibility index (Phi) is 5.14. The molecule has 2 heterocycles. The molecule has 1 aromatic carbocycles. The molecule has 2 unspecified atom stereocenters. The van der Waals surface area contributed by atoms with E-state index >= 15 is 0 Å². The molecule has 0 fully saturated rings. The van der Waals surface area contributed by atoms with Crippen molar-refractivity contribution in [3.63, 3.8) is 0 Å². The Balaban J connectivity index is 1.49. The summed E-state index contributed by atoms with van der Waals surface area (Å²) in [6, 6.07) is 6.02. The third-order valence-corrected chi connectivity index (χ3v) is 7.15. The first-order valence-corrected chi connectivity index (χ1v) is 10.7. The van der Waals surface area contributed by atoms with Crippen molar-refractivity contribution in [1.29, 1.82) is 0 Å². The Morgan fingerprint density at radius 2 is 2.00 bits per heavy atom. The summed E-state index contributed by atoms with van der Waals surface area (Å²) in [5, 5.41) is 4.73. The predicted octanol–water partition coefficient (Wildman–Crippen LogP) is 4.68. The van der Waals surface area contributed by atoms with Gasteiger partial charge in [-0.25, -0.2) is 14.4 Å². The summed E-state index contributed by atoms with van der Waals surface area (Å²) >= 11 is 3.22. The predicted molar refractivity (Wildman–Crippen MR) is 108 cm³/mol. The van der Waals surface area contributed by atoms with Crippen LogP contribution in [0.1, 0.15) is 42.3 Å². The minimum atomic E-state index is -0.289. The quantitative estimate of drug-likeness (QED) is 0.498. The lowest BCUT2D eigenvalue weighted by Gasteiger charge is -2.18. The molecule has 4 rings (SSSR count). The van der Waals surface area contributed by atoms with E-state index in [2.05, 4.69) is 15.3 Å². The second-order valence-corrected chi connectivity index (χ2v) is 9.17. The van der Waals surface area contributed by atoms with Crippen molar-refractivity contribution >= 4 is 39.2 Å². The van der Waals surface area contributed by atoms with Crippen LogP contribution in [0.2, 0.25) is 0 Å². The third-order valence-electron chi connectivity index (χ3n) is 4.85. The molecule has 0 saturated heterocycles. The molecule has 3 aromatic rings. The number of hydrogen-bond donors (Lipinski definition) is 1. The number of benzene rings is 1. The summed E-state index contributed by atoms with van der Waals surface area (Å²) in [5.41, 5.74) is 2.24. The third kappa shape index (κ3) is 3.71. The molecule has 0 bridgehead atoms. The number of nitrogens with one attached hydrogen (secondary N) is 1. The zero-order valence-corrected chi connectivity index (χ0v) is 16.8. The molecule has 1 aliphatic carbocycles. The zero-order valence-electron chi connectivity index (χ0n) is 15.2. The number of nitrogens with zero attached hydrogens (tertiary/aromatic N) is 2. The van der Waals surface area contributed by atoms with Gasteiger partial charge in [-0.3, -0.25) is 4.79 Å². The number of carbonyl (C=O) groups is 1. The maximum absolute atomic E-state index is 13.1. The number of amides is 1. The van der Waals surface area contributed by atoms with E-state index in [4.69, 9.17) is 0 Å². The van der Waals surface area contributed by atoms with E-state index < -0.39 is 0 Å². The maximum Gasteiger partial charge on any atom is 0.233 e. The van der Waals surface area contributed by atoms with E-state index in [0.29, 0.717) is 0 Å². The fourth-order valence-corrected chi connectivity index (χ4v) is 5.62. The molecule has 140 valence electrons. The highest BCUT2D eigenvalue weighted by Gasteiger charge is 2.24. The van der Waals surface area contributed by atoms with Gasteiger partial charge in [-0.2, -0.15) is 0 Å². The lowest BCUT2D eigenvalue weighted by Crippen LogP contribution is -2.33. The normalized spacial score (nSPS) is 15.5. The molecule has 0 saturated carbocycles. The van der Waals surface area contributed by atoms with Crippen LogP contribution in [0.5, 0.6) is 0 Å². The second-order valence-electron chi connectivity index (χ2n) is 6.76. The highest BCUT2D eigenvalue weighted by Crippen LogP contribution is 2.40. The molecule has 2 aromatic heterocycles. The Morgan fingerprint density at radius 3 is 2.78 bits per heavy atom. The van der Waals surface area contributed by atoms with Crippen LogP contribution in [0.4, 0.5) is 4.39 Å². The smallest absolute Gasteiger partial charge is 0.233 e. The highest BCUT2D eigenvalue weighted by molar-refractivity contribution is 8.00. The first-order valence-electron chi connectivity index (χ1n) is 9.00. The molecule has 2 atom stereocenters. The number of aromatic nitrogens is 2. The van der Waals surface area contributed by atoms with E-state index in [0.717, 1.165) is 33.6 Å². The first kappa shape index (κ1) is 18.4. The van der Waals surface area contributed by atoms with Gasteiger partial charge in [0.15, 0.2) is 0 Å². The fourth-order valence-electron chi connectivity index (χ4n) is 3.38. The summed E-state index contributed by atoms with van der Waals surface area (Å²) in [7, 11) is 0. The van der Waals surface area contributed by atoms with Crippen LogP contribution in [0, 0.1) is 5.82 Å². The summed E-state index contributed by atoms with van der Waals surface area (Å²) in [6.45, 7) is 3.79. The van der Waals surface area contributed by atoms with Crippen molar-refractivity contribution in [3.05, 3.63) is 52.4 Å². The van der Waals surface area contributed by atoms with E-state index in [1.807, 2.05) is 13.8 Å². The van der Waals surface area contributed by atoms with Gasteiger partial charge < -0.3 is 5.32 Å². The van der Waals surface area contributed by atoms with Crippen LogP contribution < -0.4 is 5.32 Å². The number of thiophene rings is 1. The summed E-state index contributed by atoms with van der Waals surface area (Å²) in [4.78, 5) is 24.0. The van der Waals surface area contributed by atoms with Gasteiger partial charge in [0.1, 0.15) is 22.0 Å². The maximum atomic E-state index is 13.1. The van der Waals surface area contributed by atoms with Crippen LogP contribution in [-0.2, 0) is 17.6 Å². The number of hydrogen-bond acceptors (Lipinski definition) is 5. The monoisotopic (exact) mass is 401 g/mol. The summed E-state index contributed by atoms with van der Waals surface area (Å²) in [5.74, 6) is -0.340. The van der Waals surface area contributed by atoms with Crippen LogP contribution in [0.15, 0.2) is 35.6 Å². The number of fused-ring (bicyclic) bond motifs is 3. The van der Waals surface area contributed by atoms with E-state index in [1.165, 1.54) is 40.8 Å². The molecule has 1 aliphatic rings. The molecule has 27 heavy (non-hydrogen) atoms. The van der Waals surface area contributed by atoms with Gasteiger partial charge in [0.25, 0.3) is 0 Å². The summed E-state index contributed by atoms with van der Waals surface area (Å²) in [6.07, 6.45) is 4.95. The van der Waals surface area contributed by atoms with Gasteiger partial charge in [-0.1, -0.05) is 23.9 Å². The Bertz CT molecular complexity index is 987. The van der Waals surface area contributed by atoms with Crippen molar-refractivity contribution in [1.82, 2.24) is 15.3 Å². The van der Waals surface area contributed by atoms with Crippen molar-refractivity contribution in [3.8, 4) is 0 Å².